The fourth-order valence-electron chi connectivity index (χ4n) is 0.465. The van der Waals surface area contributed by atoms with Crippen LogP contribution in [-0.4, -0.2) is 31.8 Å². The summed E-state index contributed by atoms with van der Waals surface area (Å²) in [4.78, 5) is 10.6. The average Bonchev–Trinajstić information content (AvgIpc) is 1.85. The first-order chi connectivity index (χ1) is 4.89. The molecule has 0 saturated heterocycles. The zero-order valence-electron chi connectivity index (χ0n) is 6.83. The summed E-state index contributed by atoms with van der Waals surface area (Å²) in [6.45, 7) is 4.11. The van der Waals surface area contributed by atoms with Gasteiger partial charge in [-0.05, 0) is 20.3 Å². The smallest absolute Gasteiger partial charge is 0.348 e. The molecule has 0 saturated carbocycles. The molecule has 0 N–H and O–H groups in total. The highest BCUT2D eigenvalue weighted by Crippen LogP contribution is 2.43. The first-order valence-electron chi connectivity index (χ1n) is 3.25. The highest BCUT2D eigenvalue weighted by Gasteiger charge is 2.31. The van der Waals surface area contributed by atoms with Gasteiger partial charge in [-0.25, -0.2) is 9.18 Å². The summed E-state index contributed by atoms with van der Waals surface area (Å²) in [5, 5.41) is 0. The summed E-state index contributed by atoms with van der Waals surface area (Å²) in [6, 6.07) is 0. The molecule has 0 aromatic rings. The minimum absolute atomic E-state index is 0.110. The number of hydrogen-bond donors (Lipinski definition) is 0. The Kier molecular flexibility index (Phi) is 3.73. The molecule has 66 valence electrons. The SMILES string of the molecule is CCOC(=O)C(F)P(C)(C)=O. The molecule has 0 aliphatic heterocycles. The minimum Gasteiger partial charge on any atom is -0.463 e. The maximum absolute atomic E-state index is 12.8. The minimum atomic E-state index is -2.98. The van der Waals surface area contributed by atoms with E-state index in [4.69, 9.17) is 0 Å². The lowest BCUT2D eigenvalue weighted by molar-refractivity contribution is -0.145. The van der Waals surface area contributed by atoms with E-state index in [1.165, 1.54) is 13.3 Å². The number of ether oxygens (including phenoxy) is 1. The first kappa shape index (κ1) is 10.6. The summed E-state index contributed by atoms with van der Waals surface area (Å²) in [6.07, 6.45) is 0. The van der Waals surface area contributed by atoms with Crippen LogP contribution in [0.15, 0.2) is 0 Å². The highest BCUT2D eigenvalue weighted by atomic mass is 31.2. The molecular weight excluding hydrogens is 170 g/mol. The number of esters is 1. The molecular formula is C6H12FO3P. The zero-order chi connectivity index (χ0) is 9.07. The molecule has 0 rings (SSSR count). The standard InChI is InChI=1S/C6H12FO3P/c1-4-10-6(8)5(7)11(2,3)9/h5H,4H2,1-3H3. The van der Waals surface area contributed by atoms with Gasteiger partial charge < -0.3 is 9.30 Å². The van der Waals surface area contributed by atoms with Gasteiger partial charge in [-0.3, -0.25) is 0 Å². The maximum atomic E-state index is 12.8. The molecule has 0 aliphatic rings. The molecule has 0 heterocycles. The zero-order valence-corrected chi connectivity index (χ0v) is 7.73. The third-order valence-electron chi connectivity index (χ3n) is 1.03. The molecule has 0 bridgehead atoms. The van der Waals surface area contributed by atoms with Crippen LogP contribution >= 0.6 is 7.14 Å². The van der Waals surface area contributed by atoms with Crippen molar-refractivity contribution in [1.82, 2.24) is 0 Å². The Morgan fingerprint density at radius 2 is 2.09 bits per heavy atom. The van der Waals surface area contributed by atoms with Crippen LogP contribution in [0.2, 0.25) is 0 Å². The topological polar surface area (TPSA) is 43.4 Å². The van der Waals surface area contributed by atoms with Crippen LogP contribution < -0.4 is 0 Å². The van der Waals surface area contributed by atoms with E-state index in [2.05, 4.69) is 4.74 Å². The number of carbonyl (C=O) groups is 1. The number of alkyl halides is 1. The van der Waals surface area contributed by atoms with Gasteiger partial charge in [0.15, 0.2) is 0 Å². The Hall–Kier alpha value is -0.370. The Morgan fingerprint density at radius 3 is 2.36 bits per heavy atom. The van der Waals surface area contributed by atoms with Crippen molar-refractivity contribution in [1.29, 1.82) is 0 Å². The number of rotatable bonds is 3. The summed E-state index contributed by atoms with van der Waals surface area (Å²) >= 11 is 0. The van der Waals surface area contributed by atoms with E-state index in [0.717, 1.165) is 0 Å². The second kappa shape index (κ2) is 3.86. The normalized spacial score (nSPS) is 14.2. The summed E-state index contributed by atoms with van der Waals surface area (Å²) in [5.74, 6) is -3.00. The molecule has 5 heteroatoms. The molecule has 0 aliphatic carbocycles. The monoisotopic (exact) mass is 182 g/mol. The Morgan fingerprint density at radius 1 is 1.64 bits per heavy atom. The third kappa shape index (κ3) is 3.51. The van der Waals surface area contributed by atoms with Gasteiger partial charge in [0.2, 0.25) is 5.91 Å². The molecule has 0 amide bonds. The van der Waals surface area contributed by atoms with E-state index in [-0.39, 0.29) is 6.61 Å². The van der Waals surface area contributed by atoms with Crippen LogP contribution in [0.4, 0.5) is 4.39 Å². The van der Waals surface area contributed by atoms with Crippen molar-refractivity contribution in [2.45, 2.75) is 12.8 Å². The molecule has 0 spiro atoms. The number of hydrogen-bond acceptors (Lipinski definition) is 3. The van der Waals surface area contributed by atoms with Gasteiger partial charge in [0.25, 0.3) is 0 Å². The first-order valence-corrected chi connectivity index (χ1v) is 5.92. The van der Waals surface area contributed by atoms with Crippen LogP contribution in [0.3, 0.4) is 0 Å². The Balaban J connectivity index is 4.14. The summed E-state index contributed by atoms with van der Waals surface area (Å²) < 4.78 is 28.1. The van der Waals surface area contributed by atoms with E-state index >= 15 is 0 Å². The van der Waals surface area contributed by atoms with Crippen molar-refractivity contribution >= 4 is 13.1 Å². The highest BCUT2D eigenvalue weighted by molar-refractivity contribution is 7.63. The van der Waals surface area contributed by atoms with Gasteiger partial charge in [-0.15, -0.1) is 0 Å². The van der Waals surface area contributed by atoms with Crippen molar-refractivity contribution in [3.8, 4) is 0 Å². The maximum Gasteiger partial charge on any atom is 0.348 e. The van der Waals surface area contributed by atoms with E-state index in [9.17, 15) is 13.8 Å². The van der Waals surface area contributed by atoms with Crippen LogP contribution in [0.5, 0.6) is 0 Å². The van der Waals surface area contributed by atoms with Gasteiger partial charge >= 0.3 is 5.97 Å². The lowest BCUT2D eigenvalue weighted by Gasteiger charge is -2.10. The quantitative estimate of drug-likeness (QED) is 0.490. The van der Waals surface area contributed by atoms with E-state index < -0.39 is 19.0 Å². The lowest BCUT2D eigenvalue weighted by atomic mass is 10.7. The van der Waals surface area contributed by atoms with Crippen molar-refractivity contribution < 1.29 is 18.5 Å². The van der Waals surface area contributed by atoms with Crippen molar-refractivity contribution in [3.63, 3.8) is 0 Å². The predicted molar refractivity (Wildman–Crippen MR) is 41.0 cm³/mol. The fourth-order valence-corrected chi connectivity index (χ4v) is 1.05. The molecule has 3 nitrogen and oxygen atoms in total. The van der Waals surface area contributed by atoms with E-state index in [1.807, 2.05) is 0 Å². The number of halogens is 1. The Labute approximate surface area is 65.3 Å². The van der Waals surface area contributed by atoms with Gasteiger partial charge in [0.1, 0.15) is 7.14 Å². The largest absolute Gasteiger partial charge is 0.463 e. The molecule has 1 unspecified atom stereocenters. The van der Waals surface area contributed by atoms with Crippen molar-refractivity contribution in [2.24, 2.45) is 0 Å². The lowest BCUT2D eigenvalue weighted by Crippen LogP contribution is -2.18. The van der Waals surface area contributed by atoms with Crippen LogP contribution in [0, 0.1) is 0 Å². The molecule has 11 heavy (non-hydrogen) atoms. The van der Waals surface area contributed by atoms with Crippen LogP contribution in [-0.2, 0) is 14.1 Å². The summed E-state index contributed by atoms with van der Waals surface area (Å²) in [7, 11) is -2.98. The van der Waals surface area contributed by atoms with Gasteiger partial charge in [-0.1, -0.05) is 0 Å². The molecule has 0 aromatic carbocycles. The predicted octanol–water partition coefficient (Wildman–Crippen LogP) is 1.47. The van der Waals surface area contributed by atoms with Crippen LogP contribution in [0.25, 0.3) is 0 Å². The molecule has 0 fully saturated rings. The Bertz CT molecular complexity index is 186. The van der Waals surface area contributed by atoms with Crippen LogP contribution in [0.1, 0.15) is 6.92 Å². The average molecular weight is 182 g/mol. The third-order valence-corrected chi connectivity index (χ3v) is 2.33. The summed E-state index contributed by atoms with van der Waals surface area (Å²) in [5.41, 5.74) is 0. The van der Waals surface area contributed by atoms with E-state index in [1.54, 1.807) is 6.92 Å². The van der Waals surface area contributed by atoms with Gasteiger partial charge in [-0.2, -0.15) is 0 Å². The number of carbonyl (C=O) groups excluding carboxylic acids is 1. The second-order valence-corrected chi connectivity index (χ2v) is 5.84. The van der Waals surface area contributed by atoms with Crippen molar-refractivity contribution in [3.05, 3.63) is 0 Å². The van der Waals surface area contributed by atoms with Gasteiger partial charge in [0.05, 0.1) is 6.61 Å². The molecule has 1 atom stereocenters. The van der Waals surface area contributed by atoms with E-state index in [0.29, 0.717) is 0 Å². The fraction of sp³-hybridized carbons (Fsp3) is 0.833. The molecule has 0 aromatic heterocycles. The van der Waals surface area contributed by atoms with Gasteiger partial charge in [0, 0.05) is 0 Å². The molecule has 0 radical (unpaired) electrons. The van der Waals surface area contributed by atoms with Crippen molar-refractivity contribution in [2.75, 3.05) is 19.9 Å². The second-order valence-electron chi connectivity index (χ2n) is 2.52.